The highest BCUT2D eigenvalue weighted by Crippen LogP contribution is 2.40. The van der Waals surface area contributed by atoms with Crippen molar-refractivity contribution in [2.75, 3.05) is 13.2 Å². The van der Waals surface area contributed by atoms with Gasteiger partial charge in [-0.2, -0.15) is 0 Å². The predicted octanol–water partition coefficient (Wildman–Crippen LogP) is -1.78. The first-order valence-electron chi connectivity index (χ1n) is 12.4. The van der Waals surface area contributed by atoms with E-state index in [1.165, 1.54) is 18.2 Å². The molecule has 1 aromatic heterocycles. The molecule has 2 fully saturated rings. The maximum absolute atomic E-state index is 12.3. The van der Waals surface area contributed by atoms with Crippen molar-refractivity contribution in [1.82, 2.24) is 0 Å². The Bertz CT molecular complexity index is 1460. The molecule has 0 amide bonds. The number of hydrogen-bond acceptors (Lipinski definition) is 15. The van der Waals surface area contributed by atoms with E-state index in [9.17, 15) is 50.8 Å². The van der Waals surface area contributed by atoms with Crippen molar-refractivity contribution in [2.24, 2.45) is 0 Å². The van der Waals surface area contributed by atoms with Crippen LogP contribution in [0.3, 0.4) is 0 Å². The second kappa shape index (κ2) is 11.4. The highest BCUT2D eigenvalue weighted by molar-refractivity contribution is 5.98. The van der Waals surface area contributed by atoms with Crippen molar-refractivity contribution in [1.29, 1.82) is 0 Å². The highest BCUT2D eigenvalue weighted by Gasteiger charge is 2.46. The van der Waals surface area contributed by atoms with Crippen LogP contribution < -0.4 is 10.4 Å². The molecule has 0 aliphatic carbocycles. The molecule has 2 aromatic carbocycles. The predicted molar refractivity (Wildman–Crippen MR) is 134 cm³/mol. The van der Waals surface area contributed by atoms with E-state index in [0.29, 0.717) is 0 Å². The Morgan fingerprint density at radius 3 is 2.27 bits per heavy atom. The van der Waals surface area contributed by atoms with Gasteiger partial charge in [-0.05, 0) is 17.7 Å². The number of rotatable bonds is 6. The first-order chi connectivity index (χ1) is 19.4. The first kappa shape index (κ1) is 29.0. The number of fused-ring (bicyclic) bond motifs is 1. The van der Waals surface area contributed by atoms with Crippen LogP contribution in [0.5, 0.6) is 23.0 Å². The molecule has 0 spiro atoms. The van der Waals surface area contributed by atoms with E-state index < -0.39 is 84.8 Å². The maximum atomic E-state index is 12.3. The molecule has 2 saturated heterocycles. The maximum Gasteiger partial charge on any atom is 0.336 e. The van der Waals surface area contributed by atoms with Gasteiger partial charge in [0, 0.05) is 23.8 Å². The highest BCUT2D eigenvalue weighted by atomic mass is 16.7. The minimum absolute atomic E-state index is 0.0861. The molecular weight excluding hydrogens is 552 g/mol. The minimum Gasteiger partial charge on any atom is -0.508 e. The Hall–Kier alpha value is -3.51. The fraction of sp³-hybridized carbons (Fsp3) is 0.423. The zero-order valence-electron chi connectivity index (χ0n) is 21.0. The zero-order chi connectivity index (χ0) is 29.6. The van der Waals surface area contributed by atoms with Crippen molar-refractivity contribution in [3.63, 3.8) is 0 Å². The third kappa shape index (κ3) is 5.67. The number of aromatic hydroxyl groups is 3. The summed E-state index contributed by atoms with van der Waals surface area (Å²) in [7, 11) is 0. The van der Waals surface area contributed by atoms with Crippen LogP contribution in [0.15, 0.2) is 45.6 Å². The van der Waals surface area contributed by atoms with Crippen LogP contribution in [-0.2, 0) is 14.2 Å². The number of phenols is 3. The summed E-state index contributed by atoms with van der Waals surface area (Å²) in [4.78, 5) is 12.3. The molecule has 3 aromatic rings. The minimum atomic E-state index is -1.83. The molecule has 15 nitrogen and oxygen atoms in total. The standard InChI is InChI=1S/C26H28O15/c27-10-4-15-19(11(6-18(31)39-15)9-1-2-12(28)13(29)3-9)16(5-10)40-26-24(36)22(34)21(33)17(41-26)8-38-25-23(35)20(32)14(30)7-37-25/h1-6,14,17,20-30,32-36H,7-8H2/t14-,17+,20-,21-,22-,23-,24+,25+,26-/m1/s1. The lowest BCUT2D eigenvalue weighted by Gasteiger charge is -2.41. The van der Waals surface area contributed by atoms with Gasteiger partial charge in [0.15, 0.2) is 17.8 Å². The fourth-order valence-electron chi connectivity index (χ4n) is 4.65. The van der Waals surface area contributed by atoms with Crippen LogP contribution >= 0.6 is 0 Å². The van der Waals surface area contributed by atoms with Gasteiger partial charge in [0.2, 0.25) is 6.29 Å². The van der Waals surface area contributed by atoms with E-state index in [-0.39, 0.29) is 34.5 Å². The molecule has 41 heavy (non-hydrogen) atoms. The molecule has 0 bridgehead atoms. The first-order valence-corrected chi connectivity index (χ1v) is 12.4. The van der Waals surface area contributed by atoms with Gasteiger partial charge in [-0.15, -0.1) is 0 Å². The normalized spacial score (nSPS) is 32.2. The largest absolute Gasteiger partial charge is 0.508 e. The van der Waals surface area contributed by atoms with E-state index in [0.717, 1.165) is 18.2 Å². The molecule has 15 heteroatoms. The van der Waals surface area contributed by atoms with Gasteiger partial charge in [-0.3, -0.25) is 0 Å². The van der Waals surface area contributed by atoms with E-state index in [1.807, 2.05) is 0 Å². The second-order valence-corrected chi connectivity index (χ2v) is 9.72. The van der Waals surface area contributed by atoms with E-state index in [1.54, 1.807) is 0 Å². The van der Waals surface area contributed by atoms with Crippen LogP contribution in [0, 0.1) is 0 Å². The lowest BCUT2D eigenvalue weighted by molar-refractivity contribution is -0.307. The summed E-state index contributed by atoms with van der Waals surface area (Å²) in [5, 5.41) is 91.2. The van der Waals surface area contributed by atoms with Gasteiger partial charge in [0.05, 0.1) is 18.6 Å². The average Bonchev–Trinajstić information content (AvgIpc) is 2.93. The Labute approximate surface area is 230 Å². The van der Waals surface area contributed by atoms with Crippen LogP contribution in [-0.4, -0.2) is 114 Å². The molecular formula is C26H28O15. The van der Waals surface area contributed by atoms with Gasteiger partial charge in [-0.25, -0.2) is 4.79 Å². The molecule has 0 unspecified atom stereocenters. The summed E-state index contributed by atoms with van der Waals surface area (Å²) in [6.07, 6.45) is -14.3. The van der Waals surface area contributed by atoms with Gasteiger partial charge >= 0.3 is 5.63 Å². The lowest BCUT2D eigenvalue weighted by atomic mass is 9.98. The molecule has 3 heterocycles. The van der Waals surface area contributed by atoms with E-state index in [2.05, 4.69) is 0 Å². The zero-order valence-corrected chi connectivity index (χ0v) is 21.0. The third-order valence-electron chi connectivity index (χ3n) is 6.87. The summed E-state index contributed by atoms with van der Waals surface area (Å²) in [6.45, 7) is -0.866. The Morgan fingerprint density at radius 2 is 1.54 bits per heavy atom. The lowest BCUT2D eigenvalue weighted by Crippen LogP contribution is -2.61. The molecule has 2 aliphatic heterocycles. The van der Waals surface area contributed by atoms with Crippen molar-refractivity contribution >= 4 is 11.0 Å². The van der Waals surface area contributed by atoms with Crippen molar-refractivity contribution in [3.05, 3.63) is 46.8 Å². The quantitative estimate of drug-likeness (QED) is 0.115. The summed E-state index contributed by atoms with van der Waals surface area (Å²) in [5.74, 6) is -1.49. The van der Waals surface area contributed by atoms with Crippen molar-refractivity contribution in [2.45, 2.75) is 55.3 Å². The molecule has 9 atom stereocenters. The number of benzene rings is 2. The monoisotopic (exact) mass is 580 g/mol. The molecule has 222 valence electrons. The molecule has 5 rings (SSSR count). The van der Waals surface area contributed by atoms with E-state index >= 15 is 0 Å². The van der Waals surface area contributed by atoms with Crippen molar-refractivity contribution < 1.29 is 69.3 Å². The SMILES string of the molecule is O=c1cc(-c2ccc(O)c(O)c2)c2c(O[C@@H]3O[C@@H](CO[C@@H]4OC[C@@H](O)[C@@H](O)[C@H]4O)[C@@H](O)[C@@H](O)[C@@H]3O)cc(O)cc2o1. The number of phenolic OH excluding ortho intramolecular Hbond substituents is 3. The summed E-state index contributed by atoms with van der Waals surface area (Å²) < 4.78 is 27.2. The molecule has 0 saturated carbocycles. The molecule has 0 radical (unpaired) electrons. The topological polar surface area (TPSA) is 249 Å². The Morgan fingerprint density at radius 1 is 0.805 bits per heavy atom. The van der Waals surface area contributed by atoms with Gasteiger partial charge < -0.3 is 69.3 Å². The molecule has 2 aliphatic rings. The van der Waals surface area contributed by atoms with Gasteiger partial charge in [-0.1, -0.05) is 6.07 Å². The summed E-state index contributed by atoms with van der Waals surface area (Å²) in [5.41, 5.74) is -0.563. The van der Waals surface area contributed by atoms with Crippen LogP contribution in [0.25, 0.3) is 22.1 Å². The number of aliphatic hydroxyl groups excluding tert-OH is 6. The number of aliphatic hydroxyl groups is 6. The van der Waals surface area contributed by atoms with Gasteiger partial charge in [0.25, 0.3) is 0 Å². The van der Waals surface area contributed by atoms with Crippen LogP contribution in [0.2, 0.25) is 0 Å². The third-order valence-corrected chi connectivity index (χ3v) is 6.87. The van der Waals surface area contributed by atoms with E-state index in [4.69, 9.17) is 23.4 Å². The van der Waals surface area contributed by atoms with Crippen LogP contribution in [0.4, 0.5) is 0 Å². The summed E-state index contributed by atoms with van der Waals surface area (Å²) >= 11 is 0. The average molecular weight is 580 g/mol. The number of hydrogen-bond donors (Lipinski definition) is 9. The van der Waals surface area contributed by atoms with Crippen molar-refractivity contribution in [3.8, 4) is 34.1 Å². The summed E-state index contributed by atoms with van der Waals surface area (Å²) in [6, 6.07) is 7.08. The second-order valence-electron chi connectivity index (χ2n) is 9.72. The molecule has 9 N–H and O–H groups in total. The number of ether oxygens (including phenoxy) is 4. The Balaban J connectivity index is 1.45. The smallest absolute Gasteiger partial charge is 0.336 e. The Kier molecular flexibility index (Phi) is 8.06. The van der Waals surface area contributed by atoms with Crippen LogP contribution in [0.1, 0.15) is 0 Å². The fourth-order valence-corrected chi connectivity index (χ4v) is 4.65. The van der Waals surface area contributed by atoms with Gasteiger partial charge in [0.1, 0.15) is 59.8 Å².